The summed E-state index contributed by atoms with van der Waals surface area (Å²) in [5.74, 6) is -1.01. The Morgan fingerprint density at radius 2 is 0.562 bits per heavy atom. The van der Waals surface area contributed by atoms with Crippen molar-refractivity contribution < 1.29 is 28.6 Å². The summed E-state index contributed by atoms with van der Waals surface area (Å²) in [7, 11) is 0. The zero-order valence-electron chi connectivity index (χ0n) is 46.3. The van der Waals surface area contributed by atoms with Crippen molar-refractivity contribution in [2.45, 2.75) is 219 Å². The van der Waals surface area contributed by atoms with Crippen molar-refractivity contribution in [2.75, 3.05) is 13.2 Å². The van der Waals surface area contributed by atoms with Gasteiger partial charge in [0, 0.05) is 19.3 Å². The zero-order valence-corrected chi connectivity index (χ0v) is 46.3. The number of hydrogen-bond donors (Lipinski definition) is 0. The van der Waals surface area contributed by atoms with Gasteiger partial charge >= 0.3 is 17.9 Å². The quantitative estimate of drug-likeness (QED) is 0.0199. The lowest BCUT2D eigenvalue weighted by Gasteiger charge is -2.18. The van der Waals surface area contributed by atoms with Crippen LogP contribution in [-0.4, -0.2) is 37.2 Å². The first-order valence-corrected chi connectivity index (χ1v) is 28.7. The van der Waals surface area contributed by atoms with Gasteiger partial charge in [0.05, 0.1) is 0 Å². The van der Waals surface area contributed by atoms with E-state index < -0.39 is 6.10 Å². The van der Waals surface area contributed by atoms with Gasteiger partial charge in [-0.15, -0.1) is 0 Å². The summed E-state index contributed by atoms with van der Waals surface area (Å²) < 4.78 is 16.8. The second kappa shape index (κ2) is 59.3. The Balaban J connectivity index is 4.58. The van der Waals surface area contributed by atoms with Gasteiger partial charge in [-0.3, -0.25) is 14.4 Å². The van der Waals surface area contributed by atoms with Crippen LogP contribution in [0.5, 0.6) is 0 Å². The van der Waals surface area contributed by atoms with E-state index in [9.17, 15) is 14.4 Å². The molecule has 1 unspecified atom stereocenters. The van der Waals surface area contributed by atoms with Crippen molar-refractivity contribution in [1.29, 1.82) is 0 Å². The average molecular weight is 1000 g/mol. The van der Waals surface area contributed by atoms with Crippen LogP contribution < -0.4 is 0 Å². The van der Waals surface area contributed by atoms with Crippen molar-refractivity contribution >= 4 is 17.9 Å². The third-order valence-corrected chi connectivity index (χ3v) is 11.4. The van der Waals surface area contributed by atoms with Crippen LogP contribution in [0.1, 0.15) is 213 Å². The van der Waals surface area contributed by atoms with E-state index in [0.29, 0.717) is 25.7 Å². The van der Waals surface area contributed by atoms with Crippen LogP contribution in [0.3, 0.4) is 0 Å². The second-order valence-electron chi connectivity index (χ2n) is 18.2. The number of esters is 3. The molecule has 0 saturated heterocycles. The van der Waals surface area contributed by atoms with Gasteiger partial charge in [-0.05, 0) is 116 Å². The van der Waals surface area contributed by atoms with Gasteiger partial charge in [-0.25, -0.2) is 0 Å². The third-order valence-electron chi connectivity index (χ3n) is 11.4. The number of rotatable bonds is 49. The minimum absolute atomic E-state index is 0.121. The molecule has 0 saturated carbocycles. The van der Waals surface area contributed by atoms with Gasteiger partial charge in [0.1, 0.15) is 13.2 Å². The maximum atomic E-state index is 12.9. The molecule has 0 amide bonds. The molecule has 0 heterocycles. The largest absolute Gasteiger partial charge is 0.462 e. The molecule has 0 fully saturated rings. The van der Waals surface area contributed by atoms with E-state index in [0.717, 1.165) is 128 Å². The van der Waals surface area contributed by atoms with Crippen LogP contribution in [0.4, 0.5) is 0 Å². The fraction of sp³-hybridized carbons (Fsp3) is 0.537. The highest BCUT2D eigenvalue weighted by molar-refractivity contribution is 5.71. The van der Waals surface area contributed by atoms with E-state index in [1.54, 1.807) is 0 Å². The zero-order chi connectivity index (χ0) is 52.9. The molecule has 0 aliphatic carbocycles. The summed E-state index contributed by atoms with van der Waals surface area (Å²) in [6.45, 7) is 6.18. The predicted octanol–water partition coefficient (Wildman–Crippen LogP) is 19.5. The van der Waals surface area contributed by atoms with Crippen LogP contribution in [0.2, 0.25) is 0 Å². The van der Waals surface area contributed by atoms with Gasteiger partial charge < -0.3 is 14.2 Å². The van der Waals surface area contributed by atoms with Crippen LogP contribution >= 0.6 is 0 Å². The molecule has 0 N–H and O–H groups in total. The average Bonchev–Trinajstić information content (AvgIpc) is 3.39. The molecule has 0 aromatic carbocycles. The minimum atomic E-state index is -0.824. The Kier molecular flexibility index (Phi) is 55.1. The summed E-state index contributed by atoms with van der Waals surface area (Å²) in [6.07, 6.45) is 87.6. The summed E-state index contributed by atoms with van der Waals surface area (Å²) in [4.78, 5) is 38.2. The molecular weight excluding hydrogens is 901 g/mol. The first kappa shape index (κ1) is 67.8. The first-order chi connectivity index (χ1) is 36.0. The Morgan fingerprint density at radius 1 is 0.288 bits per heavy atom. The standard InChI is InChI=1S/C67H102O6/c1-4-7-10-13-16-19-22-25-28-31-33-36-39-42-45-48-51-54-57-60-66(69)72-63-64(62-71-65(68)59-56-53-50-47-44-41-38-35-30-27-24-21-18-15-12-9-6-3)73-67(70)61-58-55-52-49-46-43-40-37-34-32-29-26-23-20-17-14-11-8-5-2/h7-12,15-21,24-30,33,35-36,38,41-42,44-45,64H,4-6,13-14,22-23,31-32,34,37,39-40,43,46-63H2,1-3H3/b10-7-,11-8-,12-9-,18-15-,19-16-,20-17-,24-21-,28-25-,29-26-,30-27-,36-33-,38-35+,44-41-,45-42-. The molecule has 0 bridgehead atoms. The van der Waals surface area contributed by atoms with Crippen molar-refractivity contribution in [3.05, 3.63) is 170 Å². The molecule has 0 spiro atoms. The van der Waals surface area contributed by atoms with Gasteiger partial charge in [-0.2, -0.15) is 0 Å². The van der Waals surface area contributed by atoms with Gasteiger partial charge in [-0.1, -0.05) is 249 Å². The molecule has 0 radical (unpaired) electrons. The third kappa shape index (κ3) is 57.5. The summed E-state index contributed by atoms with van der Waals surface area (Å²) in [5, 5.41) is 0. The predicted molar refractivity (Wildman–Crippen MR) is 315 cm³/mol. The topological polar surface area (TPSA) is 78.9 Å². The van der Waals surface area contributed by atoms with E-state index >= 15 is 0 Å². The number of hydrogen-bond acceptors (Lipinski definition) is 6. The van der Waals surface area contributed by atoms with E-state index in [1.165, 1.54) is 38.5 Å². The van der Waals surface area contributed by atoms with Gasteiger partial charge in [0.15, 0.2) is 6.10 Å². The molecule has 6 nitrogen and oxygen atoms in total. The molecule has 0 rings (SSSR count). The highest BCUT2D eigenvalue weighted by atomic mass is 16.6. The lowest BCUT2D eigenvalue weighted by Crippen LogP contribution is -2.30. The summed E-state index contributed by atoms with van der Waals surface area (Å²) in [6, 6.07) is 0. The van der Waals surface area contributed by atoms with Crippen LogP contribution in [-0.2, 0) is 28.6 Å². The van der Waals surface area contributed by atoms with Crippen LogP contribution in [0.15, 0.2) is 170 Å². The van der Waals surface area contributed by atoms with E-state index in [1.807, 2.05) is 60.8 Å². The van der Waals surface area contributed by atoms with E-state index in [2.05, 4.69) is 130 Å². The SMILES string of the molecule is CC\C=C/C=C\C=C/C=C\C=C\C=C/CCCCCC(=O)OCC(COC(=O)CCCCC/C=C\C/C=C\C/C=C\C/C=C\C/C=C\CC)OC(=O)CCCCCCCCCCC/C=C\C/C=C\C/C=C\CC. The number of ether oxygens (including phenoxy) is 3. The van der Waals surface area contributed by atoms with E-state index in [-0.39, 0.29) is 31.1 Å². The fourth-order valence-electron chi connectivity index (χ4n) is 7.16. The van der Waals surface area contributed by atoms with Crippen molar-refractivity contribution in [1.82, 2.24) is 0 Å². The second-order valence-corrected chi connectivity index (χ2v) is 18.2. The molecule has 73 heavy (non-hydrogen) atoms. The van der Waals surface area contributed by atoms with Crippen LogP contribution in [0, 0.1) is 0 Å². The Labute approximate surface area is 447 Å². The lowest BCUT2D eigenvalue weighted by atomic mass is 10.1. The molecule has 0 aromatic rings. The van der Waals surface area contributed by atoms with Crippen molar-refractivity contribution in [3.8, 4) is 0 Å². The lowest BCUT2D eigenvalue weighted by molar-refractivity contribution is -0.167. The fourth-order valence-corrected chi connectivity index (χ4v) is 7.16. The van der Waals surface area contributed by atoms with E-state index in [4.69, 9.17) is 14.2 Å². The van der Waals surface area contributed by atoms with Crippen LogP contribution in [0.25, 0.3) is 0 Å². The molecular formula is C67H102O6. The highest BCUT2D eigenvalue weighted by Gasteiger charge is 2.19. The molecule has 0 aliphatic heterocycles. The van der Waals surface area contributed by atoms with Crippen molar-refractivity contribution in [3.63, 3.8) is 0 Å². The first-order valence-electron chi connectivity index (χ1n) is 28.7. The molecule has 0 aromatic heterocycles. The number of allylic oxidation sites excluding steroid dienone is 28. The smallest absolute Gasteiger partial charge is 0.306 e. The number of carbonyl (C=O) groups is 3. The highest BCUT2D eigenvalue weighted by Crippen LogP contribution is 2.14. The monoisotopic (exact) mass is 1000 g/mol. The van der Waals surface area contributed by atoms with Gasteiger partial charge in [0.2, 0.25) is 0 Å². The summed E-state index contributed by atoms with van der Waals surface area (Å²) in [5.41, 5.74) is 0. The Morgan fingerprint density at radius 3 is 0.945 bits per heavy atom. The number of unbranched alkanes of at least 4 members (excludes halogenated alkanes) is 15. The maximum absolute atomic E-state index is 12.9. The Hall–Kier alpha value is -5.23. The minimum Gasteiger partial charge on any atom is -0.462 e. The summed E-state index contributed by atoms with van der Waals surface area (Å²) >= 11 is 0. The number of carbonyl (C=O) groups excluding carboxylic acids is 3. The molecule has 406 valence electrons. The molecule has 6 heteroatoms. The van der Waals surface area contributed by atoms with Gasteiger partial charge in [0.25, 0.3) is 0 Å². The molecule has 0 aliphatic rings. The Bertz CT molecular complexity index is 1720. The molecule has 1 atom stereocenters. The maximum Gasteiger partial charge on any atom is 0.306 e. The normalized spacial score (nSPS) is 13.4. The van der Waals surface area contributed by atoms with Crippen molar-refractivity contribution in [2.24, 2.45) is 0 Å².